The van der Waals surface area contributed by atoms with Gasteiger partial charge in [-0.15, -0.1) is 0 Å². The fraction of sp³-hybridized carbons (Fsp3) is 0.455. The van der Waals surface area contributed by atoms with Crippen LogP contribution >= 0.6 is 15.2 Å². The zero-order chi connectivity index (χ0) is 22.7. The lowest BCUT2D eigenvalue weighted by Gasteiger charge is -2.34. The molecule has 0 fully saturated rings. The van der Waals surface area contributed by atoms with Gasteiger partial charge in [0.1, 0.15) is 11.6 Å². The molecule has 0 amide bonds. The molecule has 7 nitrogen and oxygen atoms in total. The van der Waals surface area contributed by atoms with E-state index in [-0.39, 0.29) is 26.4 Å². The molecule has 0 aromatic heterocycles. The molecule has 0 radical (unpaired) electrons. The minimum absolute atomic E-state index is 0.201. The minimum atomic E-state index is -3.68. The largest absolute Gasteiger partial charge is 0.351 e. The molecule has 0 bridgehead atoms. The van der Waals surface area contributed by atoms with E-state index in [1.54, 1.807) is 27.7 Å². The summed E-state index contributed by atoms with van der Waals surface area (Å²) in [5.41, 5.74) is 1.38. The van der Waals surface area contributed by atoms with Crippen LogP contribution in [0.1, 0.15) is 50.4 Å². The van der Waals surface area contributed by atoms with Crippen molar-refractivity contribution in [3.8, 4) is 0 Å². The Hall–Kier alpha value is -1.30. The molecule has 0 heterocycles. The second-order valence-corrected chi connectivity index (χ2v) is 10.8. The van der Waals surface area contributed by atoms with E-state index in [9.17, 15) is 9.13 Å². The van der Waals surface area contributed by atoms with Gasteiger partial charge in [0.25, 0.3) is 0 Å². The lowest BCUT2D eigenvalue weighted by Crippen LogP contribution is -2.29. The van der Waals surface area contributed by atoms with Crippen molar-refractivity contribution >= 4 is 15.2 Å². The summed E-state index contributed by atoms with van der Waals surface area (Å²) in [6.07, 6.45) is 0. The number of hydrogen-bond acceptors (Lipinski definition) is 7. The maximum atomic E-state index is 13.8. The van der Waals surface area contributed by atoms with Crippen molar-refractivity contribution in [3.63, 3.8) is 0 Å². The highest BCUT2D eigenvalue weighted by atomic mass is 31.2. The molecular weight excluding hydrogens is 436 g/mol. The number of rotatable bonds is 14. The fourth-order valence-corrected chi connectivity index (χ4v) is 7.29. The van der Waals surface area contributed by atoms with E-state index in [0.29, 0.717) is 11.1 Å². The summed E-state index contributed by atoms with van der Waals surface area (Å²) in [6.45, 7) is 7.84. The van der Waals surface area contributed by atoms with E-state index in [1.165, 1.54) is 0 Å². The Morgan fingerprint density at radius 2 is 0.903 bits per heavy atom. The standard InChI is InChI=1S/C22H33NO6P2/c1-5-26-30(24,27-6-2)21(19-15-11-9-12-16-19)23-22(20-17-13-10-14-18-20)31(25,28-7-3)29-8-4/h9-18,21-23H,5-8H2,1-4H3/t21-,22-/m1/s1. The Labute approximate surface area is 185 Å². The van der Waals surface area contributed by atoms with Crippen LogP contribution in [0.25, 0.3) is 0 Å². The maximum absolute atomic E-state index is 13.8. The van der Waals surface area contributed by atoms with Crippen molar-refractivity contribution in [3.05, 3.63) is 71.8 Å². The molecule has 2 aromatic rings. The van der Waals surface area contributed by atoms with E-state index in [4.69, 9.17) is 18.1 Å². The molecule has 1 N–H and O–H groups in total. The predicted molar refractivity (Wildman–Crippen MR) is 123 cm³/mol. The van der Waals surface area contributed by atoms with Gasteiger partial charge < -0.3 is 18.1 Å². The van der Waals surface area contributed by atoms with Crippen LogP contribution in [0.4, 0.5) is 0 Å². The third-order valence-electron chi connectivity index (χ3n) is 4.41. The summed E-state index contributed by atoms with van der Waals surface area (Å²) >= 11 is 0. The SMILES string of the molecule is CCOP(=O)(OCC)[C@@H](N[C@@H](c1ccccc1)P(=O)(OCC)OCC)c1ccccc1. The molecule has 172 valence electrons. The van der Waals surface area contributed by atoms with Crippen molar-refractivity contribution in [1.29, 1.82) is 0 Å². The molecule has 0 aliphatic heterocycles. The van der Waals surface area contributed by atoms with Crippen molar-refractivity contribution in [1.82, 2.24) is 5.32 Å². The van der Waals surface area contributed by atoms with Crippen molar-refractivity contribution in [2.45, 2.75) is 39.3 Å². The Morgan fingerprint density at radius 3 is 1.16 bits per heavy atom. The van der Waals surface area contributed by atoms with Crippen LogP contribution in [0.3, 0.4) is 0 Å². The fourth-order valence-electron chi connectivity index (χ4n) is 3.25. The normalized spacial score (nSPS) is 14.3. The minimum Gasteiger partial charge on any atom is -0.308 e. The Morgan fingerprint density at radius 1 is 0.613 bits per heavy atom. The van der Waals surface area contributed by atoms with Crippen molar-refractivity contribution in [2.75, 3.05) is 26.4 Å². The van der Waals surface area contributed by atoms with E-state index in [2.05, 4.69) is 5.32 Å². The second-order valence-electron chi connectivity index (χ2n) is 6.54. The van der Waals surface area contributed by atoms with Crippen molar-refractivity contribution in [2.24, 2.45) is 0 Å². The van der Waals surface area contributed by atoms with Gasteiger partial charge in [-0.05, 0) is 38.8 Å². The van der Waals surface area contributed by atoms with Gasteiger partial charge in [0.05, 0.1) is 26.4 Å². The Kier molecular flexibility index (Phi) is 10.6. The molecule has 0 aliphatic carbocycles. The van der Waals surface area contributed by atoms with Gasteiger partial charge in [-0.25, -0.2) is 0 Å². The van der Waals surface area contributed by atoms with E-state index in [0.717, 1.165) is 0 Å². The highest BCUT2D eigenvalue weighted by Gasteiger charge is 2.44. The molecule has 0 saturated heterocycles. The van der Waals surface area contributed by atoms with Gasteiger partial charge in [0.15, 0.2) is 0 Å². The first-order valence-electron chi connectivity index (χ1n) is 10.6. The number of benzene rings is 2. The van der Waals surface area contributed by atoms with Crippen LogP contribution in [0.15, 0.2) is 60.7 Å². The average Bonchev–Trinajstić information content (AvgIpc) is 2.76. The third-order valence-corrected chi connectivity index (χ3v) is 9.05. The summed E-state index contributed by atoms with van der Waals surface area (Å²) in [5, 5.41) is 3.28. The van der Waals surface area contributed by atoms with Gasteiger partial charge in [0.2, 0.25) is 0 Å². The Balaban J connectivity index is 2.61. The first-order valence-corrected chi connectivity index (χ1v) is 13.8. The highest BCUT2D eigenvalue weighted by molar-refractivity contribution is 7.55. The summed E-state index contributed by atoms with van der Waals surface area (Å²) < 4.78 is 50.3. The second kappa shape index (κ2) is 12.7. The maximum Gasteiger partial charge on any atom is 0.351 e. The molecule has 31 heavy (non-hydrogen) atoms. The third kappa shape index (κ3) is 6.84. The van der Waals surface area contributed by atoms with Crippen LogP contribution in [0.2, 0.25) is 0 Å². The molecular formula is C22H33NO6P2. The van der Waals surface area contributed by atoms with Gasteiger partial charge in [-0.2, -0.15) is 0 Å². The molecule has 0 saturated carbocycles. The van der Waals surface area contributed by atoms with Crippen LogP contribution in [-0.4, -0.2) is 26.4 Å². The van der Waals surface area contributed by atoms with Crippen molar-refractivity contribution < 1.29 is 27.2 Å². The molecule has 0 unspecified atom stereocenters. The Bertz CT molecular complexity index is 773. The molecule has 2 rings (SSSR count). The molecule has 0 aliphatic rings. The molecule has 9 heteroatoms. The van der Waals surface area contributed by atoms with Gasteiger partial charge in [0, 0.05) is 0 Å². The van der Waals surface area contributed by atoms with Crippen LogP contribution in [-0.2, 0) is 27.2 Å². The first kappa shape index (κ1) is 26.0. The first-order chi connectivity index (χ1) is 14.9. The van der Waals surface area contributed by atoms with Crippen LogP contribution in [0.5, 0.6) is 0 Å². The smallest absolute Gasteiger partial charge is 0.308 e. The van der Waals surface area contributed by atoms with Gasteiger partial charge in [-0.3, -0.25) is 14.4 Å². The van der Waals surface area contributed by atoms with Gasteiger partial charge >= 0.3 is 15.2 Å². The summed E-state index contributed by atoms with van der Waals surface area (Å²) in [5.74, 6) is -1.76. The topological polar surface area (TPSA) is 83.1 Å². The van der Waals surface area contributed by atoms with Crippen LogP contribution in [0, 0.1) is 0 Å². The number of hydrogen-bond donors (Lipinski definition) is 1. The summed E-state index contributed by atoms with van der Waals surface area (Å²) in [6, 6.07) is 18.4. The molecule has 0 spiro atoms. The average molecular weight is 469 g/mol. The zero-order valence-electron chi connectivity index (χ0n) is 18.6. The lowest BCUT2D eigenvalue weighted by molar-refractivity contribution is 0.196. The highest BCUT2D eigenvalue weighted by Crippen LogP contribution is 2.65. The molecule has 2 atom stereocenters. The van der Waals surface area contributed by atoms with Gasteiger partial charge in [-0.1, -0.05) is 60.7 Å². The predicted octanol–water partition coefficient (Wildman–Crippen LogP) is 6.51. The van der Waals surface area contributed by atoms with Crippen LogP contribution < -0.4 is 5.32 Å². The van der Waals surface area contributed by atoms with E-state index < -0.39 is 26.8 Å². The quantitative estimate of drug-likeness (QED) is 0.316. The van der Waals surface area contributed by atoms with E-state index >= 15 is 0 Å². The summed E-state index contributed by atoms with van der Waals surface area (Å²) in [4.78, 5) is 0. The lowest BCUT2D eigenvalue weighted by atomic mass is 10.2. The zero-order valence-corrected chi connectivity index (χ0v) is 20.4. The monoisotopic (exact) mass is 469 g/mol. The number of nitrogens with one attached hydrogen (secondary N) is 1. The summed E-state index contributed by atoms with van der Waals surface area (Å²) in [7, 11) is -7.35. The molecule has 2 aromatic carbocycles. The van der Waals surface area contributed by atoms with E-state index in [1.807, 2.05) is 60.7 Å².